The number of rotatable bonds is 3. The maximum absolute atomic E-state index is 15.6. The second-order valence-corrected chi connectivity index (χ2v) is 9.87. The molecule has 0 bridgehead atoms. The molecule has 0 radical (unpaired) electrons. The van der Waals surface area contributed by atoms with Crippen molar-refractivity contribution in [3.8, 4) is 11.1 Å². The van der Waals surface area contributed by atoms with Crippen molar-refractivity contribution in [1.82, 2.24) is 19.7 Å². The van der Waals surface area contributed by atoms with E-state index in [1.54, 1.807) is 32.6 Å². The van der Waals surface area contributed by atoms with Crippen molar-refractivity contribution < 1.29 is 9.18 Å². The first-order valence-corrected chi connectivity index (χ1v) is 11.5. The van der Waals surface area contributed by atoms with Gasteiger partial charge in [0.05, 0.1) is 22.8 Å². The van der Waals surface area contributed by atoms with Crippen LogP contribution in [0.5, 0.6) is 0 Å². The van der Waals surface area contributed by atoms with Crippen LogP contribution in [0.25, 0.3) is 11.1 Å². The molecule has 5 N–H and O–H groups in total. The minimum Gasteiger partial charge on any atom is -0.398 e. The molecule has 2 aromatic heterocycles. The molecule has 10 heteroatoms. The van der Waals surface area contributed by atoms with Crippen molar-refractivity contribution in [3.63, 3.8) is 0 Å². The van der Waals surface area contributed by atoms with Crippen molar-refractivity contribution >= 4 is 34.8 Å². The van der Waals surface area contributed by atoms with Crippen LogP contribution >= 0.6 is 11.6 Å². The van der Waals surface area contributed by atoms with E-state index in [-0.39, 0.29) is 28.3 Å². The molecule has 1 saturated carbocycles. The summed E-state index contributed by atoms with van der Waals surface area (Å²) >= 11 is 6.97. The van der Waals surface area contributed by atoms with Crippen molar-refractivity contribution in [1.29, 1.82) is 0 Å². The molecule has 1 amide bonds. The molecule has 3 heterocycles. The zero-order valence-electron chi connectivity index (χ0n) is 19.3. The predicted molar refractivity (Wildman–Crippen MR) is 132 cm³/mol. The predicted octanol–water partition coefficient (Wildman–Crippen LogP) is 4.00. The number of nitrogens with two attached hydrogens (primary N) is 2. The second kappa shape index (κ2) is 7.87. The number of amides is 1. The van der Waals surface area contributed by atoms with E-state index in [4.69, 9.17) is 23.1 Å². The van der Waals surface area contributed by atoms with E-state index in [2.05, 4.69) is 15.4 Å². The number of aromatic nitrogens is 3. The van der Waals surface area contributed by atoms with E-state index in [1.165, 1.54) is 11.0 Å². The van der Waals surface area contributed by atoms with Crippen LogP contribution in [0.2, 0.25) is 5.02 Å². The van der Waals surface area contributed by atoms with Crippen LogP contribution in [0.1, 0.15) is 46.8 Å². The van der Waals surface area contributed by atoms with E-state index in [9.17, 15) is 4.79 Å². The van der Waals surface area contributed by atoms with Crippen LogP contribution in [0.4, 0.5) is 21.7 Å². The first-order chi connectivity index (χ1) is 16.1. The number of benzene rings is 1. The lowest BCUT2D eigenvalue weighted by molar-refractivity contribution is 0.0824. The molecular weight excluding hydrogens is 457 g/mol. The summed E-state index contributed by atoms with van der Waals surface area (Å²) in [5.41, 5.74) is 14.3. The summed E-state index contributed by atoms with van der Waals surface area (Å²) in [5.74, 6) is 0.171. The molecule has 1 fully saturated rings. The maximum atomic E-state index is 15.6. The molecule has 1 aliphatic heterocycles. The molecule has 3 aromatic rings. The maximum Gasteiger partial charge on any atom is 0.258 e. The number of carbonyl (C=O) groups excluding carboxylic acids is 1. The molecule has 0 saturated heterocycles. The Morgan fingerprint density at radius 1 is 1.29 bits per heavy atom. The highest BCUT2D eigenvalue weighted by molar-refractivity contribution is 6.34. The van der Waals surface area contributed by atoms with Crippen LogP contribution in [0.3, 0.4) is 0 Å². The third-order valence-corrected chi connectivity index (χ3v) is 7.57. The molecule has 1 aliphatic carbocycles. The normalized spacial score (nSPS) is 21.0. The Balaban J connectivity index is 1.58. The summed E-state index contributed by atoms with van der Waals surface area (Å²) < 4.78 is 17.5. The van der Waals surface area contributed by atoms with Gasteiger partial charge in [-0.2, -0.15) is 5.10 Å². The summed E-state index contributed by atoms with van der Waals surface area (Å²) in [6.45, 7) is 2.63. The van der Waals surface area contributed by atoms with Gasteiger partial charge >= 0.3 is 0 Å². The Bertz CT molecular complexity index is 1320. The number of hydrogen-bond acceptors (Lipinski definition) is 6. The minimum absolute atomic E-state index is 0.0778. The number of pyridine rings is 1. The number of hydrogen-bond donors (Lipinski definition) is 3. The fraction of sp³-hybridized carbons (Fsp3) is 0.375. The highest BCUT2D eigenvalue weighted by Gasteiger charge is 2.48. The lowest BCUT2D eigenvalue weighted by Crippen LogP contribution is -2.26. The van der Waals surface area contributed by atoms with E-state index in [0.29, 0.717) is 28.8 Å². The van der Waals surface area contributed by atoms with Gasteiger partial charge in [0.2, 0.25) is 0 Å². The largest absolute Gasteiger partial charge is 0.398 e. The Hall–Kier alpha value is -3.33. The second-order valence-electron chi connectivity index (χ2n) is 9.49. The third-order valence-electron chi connectivity index (χ3n) is 7.18. The average Bonchev–Trinajstić information content (AvgIpc) is 3.48. The average molecular weight is 484 g/mol. The van der Waals surface area contributed by atoms with Gasteiger partial charge in [0.1, 0.15) is 17.5 Å². The van der Waals surface area contributed by atoms with Gasteiger partial charge < -0.3 is 21.7 Å². The van der Waals surface area contributed by atoms with E-state index < -0.39 is 11.7 Å². The number of halogens is 2. The van der Waals surface area contributed by atoms with Crippen LogP contribution in [-0.2, 0) is 5.41 Å². The van der Waals surface area contributed by atoms with Gasteiger partial charge in [-0.3, -0.25) is 4.79 Å². The van der Waals surface area contributed by atoms with Gasteiger partial charge in [-0.25, -0.2) is 14.1 Å². The van der Waals surface area contributed by atoms with Crippen molar-refractivity contribution in [2.24, 2.45) is 0 Å². The zero-order valence-corrected chi connectivity index (χ0v) is 20.1. The number of aryl methyl sites for hydroxylation is 1. The van der Waals surface area contributed by atoms with Gasteiger partial charge in [-0.15, -0.1) is 0 Å². The van der Waals surface area contributed by atoms with Crippen LogP contribution in [-0.4, -0.2) is 46.2 Å². The summed E-state index contributed by atoms with van der Waals surface area (Å²) in [6, 6.07) is 3.21. The Morgan fingerprint density at radius 2 is 2.06 bits per heavy atom. The van der Waals surface area contributed by atoms with Crippen LogP contribution < -0.4 is 16.8 Å². The van der Waals surface area contributed by atoms with Gasteiger partial charge in [0.15, 0.2) is 0 Å². The number of nitrogen functional groups attached to an aromatic ring is 2. The van der Waals surface area contributed by atoms with Crippen molar-refractivity contribution in [2.45, 2.75) is 37.6 Å². The van der Waals surface area contributed by atoms with E-state index >= 15 is 4.39 Å². The summed E-state index contributed by atoms with van der Waals surface area (Å²) in [4.78, 5) is 18.4. The first-order valence-electron chi connectivity index (χ1n) is 11.2. The standard InChI is InChI=1S/C24H27ClFN7O/c1-12-9-31-33(21(12)28)13-6-7-24(8-13)11-30-22-18(24)19(25)15(10-29-22)14-4-5-16(27)17(20(14)26)23(34)32(2)3/h4-5,9-10,13H,6-8,11,27-28H2,1-3H3,(H,29,30). The lowest BCUT2D eigenvalue weighted by Gasteiger charge is -2.25. The summed E-state index contributed by atoms with van der Waals surface area (Å²) in [6.07, 6.45) is 5.88. The highest BCUT2D eigenvalue weighted by Crippen LogP contribution is 2.55. The van der Waals surface area contributed by atoms with Crippen molar-refractivity contribution in [2.75, 3.05) is 37.4 Å². The number of nitrogens with one attached hydrogen (secondary N) is 1. The fourth-order valence-corrected chi connectivity index (χ4v) is 5.76. The van der Waals surface area contributed by atoms with E-state index in [0.717, 1.165) is 30.4 Å². The quantitative estimate of drug-likeness (QED) is 0.485. The molecule has 2 aliphatic rings. The Morgan fingerprint density at radius 3 is 2.74 bits per heavy atom. The SMILES string of the molecule is Cc1cnn(C2CCC3(CNc4ncc(-c5ccc(N)c(C(=O)N(C)C)c5F)c(Cl)c43)C2)c1N. The highest BCUT2D eigenvalue weighted by atomic mass is 35.5. The molecule has 5 rings (SSSR count). The van der Waals surface area contributed by atoms with Gasteiger partial charge in [-0.05, 0) is 38.3 Å². The summed E-state index contributed by atoms with van der Waals surface area (Å²) in [5, 5.41) is 8.30. The molecule has 2 unspecified atom stereocenters. The van der Waals surface area contributed by atoms with Gasteiger partial charge in [0, 0.05) is 60.2 Å². The smallest absolute Gasteiger partial charge is 0.258 e. The third kappa shape index (κ3) is 3.21. The summed E-state index contributed by atoms with van der Waals surface area (Å²) in [7, 11) is 3.11. The molecule has 1 aromatic carbocycles. The fourth-order valence-electron chi connectivity index (χ4n) is 5.32. The number of fused-ring (bicyclic) bond motifs is 2. The van der Waals surface area contributed by atoms with Crippen LogP contribution in [0.15, 0.2) is 24.5 Å². The Labute approximate surface area is 202 Å². The van der Waals surface area contributed by atoms with Gasteiger partial charge in [0.25, 0.3) is 5.91 Å². The molecule has 8 nitrogen and oxygen atoms in total. The zero-order chi connectivity index (χ0) is 24.4. The number of nitrogens with zero attached hydrogens (tertiary/aromatic N) is 4. The molecular formula is C24H27ClFN7O. The lowest BCUT2D eigenvalue weighted by atomic mass is 9.80. The monoisotopic (exact) mass is 483 g/mol. The molecule has 34 heavy (non-hydrogen) atoms. The number of anilines is 3. The molecule has 1 spiro atoms. The minimum atomic E-state index is -0.702. The topological polar surface area (TPSA) is 115 Å². The van der Waals surface area contributed by atoms with Crippen molar-refractivity contribution in [3.05, 3.63) is 52.1 Å². The number of carbonyl (C=O) groups is 1. The Kier molecular flexibility index (Phi) is 5.20. The first kappa shape index (κ1) is 22.5. The molecule has 178 valence electrons. The molecule has 2 atom stereocenters. The van der Waals surface area contributed by atoms with Gasteiger partial charge in [-0.1, -0.05) is 11.6 Å². The van der Waals surface area contributed by atoms with Crippen LogP contribution in [0, 0.1) is 12.7 Å². The van der Waals surface area contributed by atoms with E-state index in [1.807, 2.05) is 11.6 Å².